The van der Waals surface area contributed by atoms with E-state index in [0.717, 1.165) is 30.5 Å². The molecule has 0 fully saturated rings. The highest BCUT2D eigenvalue weighted by Crippen LogP contribution is 2.25. The maximum Gasteiger partial charge on any atom is 0.287 e. The first-order valence-corrected chi connectivity index (χ1v) is 5.93. The van der Waals surface area contributed by atoms with Crippen molar-refractivity contribution < 1.29 is 4.92 Å². The van der Waals surface area contributed by atoms with Crippen LogP contribution in [0.2, 0.25) is 0 Å². The lowest BCUT2D eigenvalue weighted by Crippen LogP contribution is -1.99. The molecule has 0 amide bonds. The Morgan fingerprint density at radius 2 is 1.89 bits per heavy atom. The number of pyridine rings is 1. The highest BCUT2D eigenvalue weighted by Gasteiger charge is 2.17. The summed E-state index contributed by atoms with van der Waals surface area (Å²) in [5.41, 5.74) is 4.61. The van der Waals surface area contributed by atoms with E-state index in [-0.39, 0.29) is 10.6 Å². The van der Waals surface area contributed by atoms with E-state index >= 15 is 0 Å². The van der Waals surface area contributed by atoms with Gasteiger partial charge in [0.05, 0.1) is 4.92 Å². The van der Waals surface area contributed by atoms with Crippen molar-refractivity contribution in [3.63, 3.8) is 0 Å². The summed E-state index contributed by atoms with van der Waals surface area (Å²) in [6, 6.07) is 9.91. The van der Waals surface area contributed by atoms with Gasteiger partial charge in [0.1, 0.15) is 6.20 Å². The van der Waals surface area contributed by atoms with Crippen LogP contribution >= 0.6 is 0 Å². The van der Waals surface area contributed by atoms with Gasteiger partial charge in [0, 0.05) is 11.8 Å². The van der Waals surface area contributed by atoms with Crippen LogP contribution in [0.1, 0.15) is 22.4 Å². The summed E-state index contributed by atoms with van der Waals surface area (Å²) in [5.74, 6) is 0. The Labute approximate surface area is 104 Å². The second-order valence-corrected chi connectivity index (χ2v) is 4.50. The first-order chi connectivity index (χ1) is 8.74. The molecule has 0 saturated heterocycles. The minimum Gasteiger partial charge on any atom is -0.258 e. The Kier molecular flexibility index (Phi) is 2.55. The topological polar surface area (TPSA) is 56.0 Å². The fourth-order valence-corrected chi connectivity index (χ4v) is 2.44. The number of nitrogens with zero attached hydrogens (tertiary/aromatic N) is 2. The van der Waals surface area contributed by atoms with E-state index in [1.807, 2.05) is 12.1 Å². The highest BCUT2D eigenvalue weighted by molar-refractivity contribution is 5.42. The lowest BCUT2D eigenvalue weighted by atomic mass is 10.0. The van der Waals surface area contributed by atoms with Gasteiger partial charge in [-0.25, -0.2) is 0 Å². The molecular formula is C14H12N2O2. The Morgan fingerprint density at radius 1 is 1.11 bits per heavy atom. The molecule has 0 bridgehead atoms. The lowest BCUT2D eigenvalue weighted by Gasteiger charge is -2.04. The summed E-state index contributed by atoms with van der Waals surface area (Å²) in [7, 11) is 0. The van der Waals surface area contributed by atoms with Crippen molar-refractivity contribution in [1.82, 2.24) is 4.98 Å². The molecule has 0 radical (unpaired) electrons. The van der Waals surface area contributed by atoms with Crippen LogP contribution in [0.5, 0.6) is 0 Å². The minimum absolute atomic E-state index is 0.0770. The molecule has 0 spiro atoms. The van der Waals surface area contributed by atoms with Crippen LogP contribution < -0.4 is 0 Å². The fourth-order valence-electron chi connectivity index (χ4n) is 2.44. The summed E-state index contributed by atoms with van der Waals surface area (Å²) in [6.45, 7) is 0. The van der Waals surface area contributed by atoms with Crippen molar-refractivity contribution in [3.8, 4) is 0 Å². The third-order valence-corrected chi connectivity index (χ3v) is 3.39. The Balaban J connectivity index is 2.07. The fraction of sp³-hybridized carbons (Fsp3) is 0.214. The van der Waals surface area contributed by atoms with Crippen molar-refractivity contribution >= 4 is 5.69 Å². The van der Waals surface area contributed by atoms with Crippen molar-refractivity contribution in [2.24, 2.45) is 0 Å². The van der Waals surface area contributed by atoms with E-state index in [1.165, 1.54) is 17.3 Å². The van der Waals surface area contributed by atoms with Crippen LogP contribution in [0.4, 0.5) is 5.69 Å². The van der Waals surface area contributed by atoms with Crippen LogP contribution in [-0.2, 0) is 19.3 Å². The lowest BCUT2D eigenvalue weighted by molar-refractivity contribution is -0.385. The van der Waals surface area contributed by atoms with Gasteiger partial charge in [-0.1, -0.05) is 24.3 Å². The number of aryl methyl sites for hydroxylation is 2. The van der Waals surface area contributed by atoms with Crippen LogP contribution in [0.25, 0.3) is 0 Å². The number of benzene rings is 1. The number of hydrogen-bond donors (Lipinski definition) is 0. The van der Waals surface area contributed by atoms with Crippen molar-refractivity contribution in [3.05, 3.63) is 69.0 Å². The highest BCUT2D eigenvalue weighted by atomic mass is 16.6. The normalized spacial score (nSPS) is 13.3. The number of hydrogen-bond acceptors (Lipinski definition) is 3. The molecule has 2 aromatic rings. The third-order valence-electron chi connectivity index (χ3n) is 3.39. The zero-order chi connectivity index (χ0) is 12.5. The van der Waals surface area contributed by atoms with Crippen LogP contribution in [0.15, 0.2) is 36.5 Å². The predicted molar refractivity (Wildman–Crippen MR) is 67.5 cm³/mol. The number of rotatable bonds is 1. The summed E-state index contributed by atoms with van der Waals surface area (Å²) in [5, 5.41) is 10.8. The maximum atomic E-state index is 10.8. The molecule has 1 aliphatic rings. The zero-order valence-corrected chi connectivity index (χ0v) is 9.80. The van der Waals surface area contributed by atoms with Crippen molar-refractivity contribution in [2.45, 2.75) is 19.3 Å². The largest absolute Gasteiger partial charge is 0.287 e. The number of fused-ring (bicyclic) bond motifs is 2. The molecule has 18 heavy (non-hydrogen) atoms. The van der Waals surface area contributed by atoms with Gasteiger partial charge < -0.3 is 0 Å². The summed E-state index contributed by atoms with van der Waals surface area (Å²) in [4.78, 5) is 14.6. The van der Waals surface area contributed by atoms with Gasteiger partial charge in [-0.15, -0.1) is 0 Å². The maximum absolute atomic E-state index is 10.8. The second-order valence-electron chi connectivity index (χ2n) is 4.50. The minimum atomic E-state index is -0.385. The van der Waals surface area contributed by atoms with Gasteiger partial charge in [-0.3, -0.25) is 15.1 Å². The molecule has 0 saturated carbocycles. The van der Waals surface area contributed by atoms with Crippen molar-refractivity contribution in [2.75, 3.05) is 0 Å². The van der Waals surface area contributed by atoms with E-state index in [0.29, 0.717) is 0 Å². The smallest absolute Gasteiger partial charge is 0.258 e. The molecule has 4 heteroatoms. The summed E-state index contributed by atoms with van der Waals surface area (Å²) in [6.07, 6.45) is 3.90. The van der Waals surface area contributed by atoms with Gasteiger partial charge in [-0.2, -0.15) is 0 Å². The van der Waals surface area contributed by atoms with E-state index in [9.17, 15) is 10.1 Å². The van der Waals surface area contributed by atoms with Crippen LogP contribution in [0, 0.1) is 10.1 Å². The quantitative estimate of drug-likeness (QED) is 0.568. The Bertz CT molecular complexity index is 623. The number of nitro groups is 1. The molecule has 90 valence electrons. The Hall–Kier alpha value is -2.23. The van der Waals surface area contributed by atoms with Gasteiger partial charge in [0.2, 0.25) is 0 Å². The zero-order valence-electron chi connectivity index (χ0n) is 9.80. The third kappa shape index (κ3) is 1.86. The van der Waals surface area contributed by atoms with E-state index in [1.54, 1.807) is 6.07 Å². The second kappa shape index (κ2) is 4.22. The van der Waals surface area contributed by atoms with E-state index in [4.69, 9.17) is 0 Å². The summed E-state index contributed by atoms with van der Waals surface area (Å²) >= 11 is 0. The molecule has 1 aliphatic carbocycles. The van der Waals surface area contributed by atoms with Crippen LogP contribution in [-0.4, -0.2) is 9.91 Å². The molecule has 1 aromatic heterocycles. The molecule has 0 atom stereocenters. The predicted octanol–water partition coefficient (Wildman–Crippen LogP) is 2.68. The van der Waals surface area contributed by atoms with Gasteiger partial charge >= 0.3 is 0 Å². The molecule has 0 aliphatic heterocycles. The van der Waals surface area contributed by atoms with Gasteiger partial charge in [0.15, 0.2) is 0 Å². The molecule has 0 N–H and O–H groups in total. The average molecular weight is 240 g/mol. The monoisotopic (exact) mass is 240 g/mol. The molecule has 4 nitrogen and oxygen atoms in total. The Morgan fingerprint density at radius 3 is 2.67 bits per heavy atom. The van der Waals surface area contributed by atoms with E-state index in [2.05, 4.69) is 17.1 Å². The molecule has 1 aromatic carbocycles. The SMILES string of the molecule is O=[N+]([O-])c1cnc2c(c1)Cc1ccccc1CC2. The average Bonchev–Trinajstić information content (AvgIpc) is 2.56. The first kappa shape index (κ1) is 10.9. The first-order valence-electron chi connectivity index (χ1n) is 5.93. The molecule has 3 rings (SSSR count). The number of aromatic nitrogens is 1. The van der Waals surface area contributed by atoms with Crippen LogP contribution in [0.3, 0.4) is 0 Å². The molecule has 0 unspecified atom stereocenters. The van der Waals surface area contributed by atoms with Crippen molar-refractivity contribution in [1.29, 1.82) is 0 Å². The summed E-state index contributed by atoms with van der Waals surface area (Å²) < 4.78 is 0. The van der Waals surface area contributed by atoms with Gasteiger partial charge in [0.25, 0.3) is 5.69 Å². The van der Waals surface area contributed by atoms with Gasteiger partial charge in [-0.05, 0) is 36.0 Å². The molecular weight excluding hydrogens is 228 g/mol. The van der Waals surface area contributed by atoms with E-state index < -0.39 is 0 Å². The molecule has 1 heterocycles. The standard InChI is InChI=1S/C14H12N2O2/c17-16(18)13-8-12-7-11-4-2-1-3-10(11)5-6-14(12)15-9-13/h1-4,8-9H,5-7H2.